The molecule has 0 aliphatic carbocycles. The van der Waals surface area contributed by atoms with Crippen LogP contribution in [0.2, 0.25) is 0 Å². The van der Waals surface area contributed by atoms with E-state index < -0.39 is 0 Å². The number of nitrogens with one attached hydrogen (secondary N) is 1. The Balaban J connectivity index is 1.79. The Morgan fingerprint density at radius 3 is 2.59 bits per heavy atom. The van der Waals surface area contributed by atoms with Crippen LogP contribution in [-0.4, -0.2) is 40.6 Å². The molecule has 0 fully saturated rings. The molecule has 0 unspecified atom stereocenters. The summed E-state index contributed by atoms with van der Waals surface area (Å²) in [4.78, 5) is 44.0. The molecule has 1 amide bonds. The molecule has 4 rings (SSSR count). The van der Waals surface area contributed by atoms with Gasteiger partial charge in [-0.3, -0.25) is 19.0 Å². The number of aryl methyl sites for hydroxylation is 2. The summed E-state index contributed by atoms with van der Waals surface area (Å²) in [5, 5.41) is 3.58. The summed E-state index contributed by atoms with van der Waals surface area (Å²) in [6.07, 6.45) is 0.818. The number of methoxy groups -OCH3 is 1. The highest BCUT2D eigenvalue weighted by Crippen LogP contribution is 2.25. The third-order valence-corrected chi connectivity index (χ3v) is 6.90. The first-order valence-corrected chi connectivity index (χ1v) is 13.0. The lowest BCUT2D eigenvalue weighted by atomic mass is 10.0. The molecule has 0 spiro atoms. The van der Waals surface area contributed by atoms with Crippen molar-refractivity contribution >= 4 is 34.4 Å². The maximum absolute atomic E-state index is 13.7. The minimum absolute atomic E-state index is 0.0540. The minimum atomic E-state index is -0.291. The van der Waals surface area contributed by atoms with Gasteiger partial charge in [0.1, 0.15) is 5.75 Å². The highest BCUT2D eigenvalue weighted by atomic mass is 32.2. The first-order valence-electron chi connectivity index (χ1n) is 12.0. The normalized spacial score (nSPS) is 10.9. The van der Waals surface area contributed by atoms with Gasteiger partial charge in [0.05, 0.1) is 29.5 Å². The maximum Gasteiger partial charge on any atom is 0.266 e. The molecule has 0 atom stereocenters. The molecule has 7 nitrogen and oxygen atoms in total. The van der Waals surface area contributed by atoms with E-state index in [-0.39, 0.29) is 23.0 Å². The Labute approximate surface area is 219 Å². The molecule has 1 N–H and O–H groups in total. The smallest absolute Gasteiger partial charge is 0.266 e. The van der Waals surface area contributed by atoms with Crippen LogP contribution in [-0.2, 0) is 0 Å². The van der Waals surface area contributed by atoms with E-state index in [0.717, 1.165) is 17.5 Å². The fraction of sp³-hybridized carbons (Fsp3) is 0.241. The lowest BCUT2D eigenvalue weighted by molar-refractivity contribution is 0.0952. The number of fused-ring (bicyclic) bond motifs is 1. The second-order valence-electron chi connectivity index (χ2n) is 8.75. The zero-order chi connectivity index (χ0) is 26.5. The van der Waals surface area contributed by atoms with Crippen LogP contribution in [0.15, 0.2) is 70.6 Å². The summed E-state index contributed by atoms with van der Waals surface area (Å²) in [6, 6.07) is 17.7. The fourth-order valence-electron chi connectivity index (χ4n) is 4.06. The van der Waals surface area contributed by atoms with E-state index in [2.05, 4.69) is 5.32 Å². The molecule has 4 aromatic rings. The van der Waals surface area contributed by atoms with Gasteiger partial charge in [-0.1, -0.05) is 48.5 Å². The molecular weight excluding hydrogens is 486 g/mol. The van der Waals surface area contributed by atoms with Gasteiger partial charge in [-0.25, -0.2) is 4.98 Å². The predicted octanol–water partition coefficient (Wildman–Crippen LogP) is 5.13. The maximum atomic E-state index is 13.7. The fourth-order valence-corrected chi connectivity index (χ4v) is 4.95. The summed E-state index contributed by atoms with van der Waals surface area (Å²) < 4.78 is 6.84. The van der Waals surface area contributed by atoms with Crippen molar-refractivity contribution in [2.75, 3.05) is 19.4 Å². The average molecular weight is 516 g/mol. The number of rotatable bonds is 9. The van der Waals surface area contributed by atoms with Crippen molar-refractivity contribution in [2.45, 2.75) is 32.3 Å². The van der Waals surface area contributed by atoms with Crippen LogP contribution in [0.5, 0.6) is 5.75 Å². The van der Waals surface area contributed by atoms with Crippen LogP contribution in [0.1, 0.15) is 45.2 Å². The lowest BCUT2D eigenvalue weighted by Crippen LogP contribution is -2.25. The summed E-state index contributed by atoms with van der Waals surface area (Å²) >= 11 is 1.19. The molecule has 0 radical (unpaired) electrons. The Kier molecular flexibility index (Phi) is 8.08. The van der Waals surface area contributed by atoms with Crippen molar-refractivity contribution in [1.29, 1.82) is 0 Å². The third kappa shape index (κ3) is 5.75. The average Bonchev–Trinajstić information content (AvgIpc) is 2.90. The second kappa shape index (κ2) is 11.4. The summed E-state index contributed by atoms with van der Waals surface area (Å²) in [7, 11) is 1.56. The number of ether oxygens (including phenoxy) is 1. The van der Waals surface area contributed by atoms with Gasteiger partial charge in [0, 0.05) is 23.7 Å². The number of nitrogens with zero attached hydrogens (tertiary/aromatic N) is 2. The van der Waals surface area contributed by atoms with Crippen LogP contribution in [0.25, 0.3) is 16.6 Å². The SMILES string of the molecule is CCCNC(=O)c1ccc2c(=O)n(-c3cccc(OC)c3)c(SCC(=O)c3ccc(C)cc3C)nc2c1. The van der Waals surface area contributed by atoms with E-state index in [1.165, 1.54) is 16.3 Å². The summed E-state index contributed by atoms with van der Waals surface area (Å²) in [5.41, 5.74) is 3.74. The lowest BCUT2D eigenvalue weighted by Gasteiger charge is -2.14. The second-order valence-corrected chi connectivity index (χ2v) is 9.70. The van der Waals surface area contributed by atoms with Crippen molar-refractivity contribution in [3.8, 4) is 11.4 Å². The largest absolute Gasteiger partial charge is 0.497 e. The summed E-state index contributed by atoms with van der Waals surface area (Å²) in [5.74, 6) is 0.418. The van der Waals surface area contributed by atoms with E-state index in [0.29, 0.717) is 45.2 Å². The van der Waals surface area contributed by atoms with Gasteiger partial charge in [0.15, 0.2) is 10.9 Å². The highest BCUT2D eigenvalue weighted by molar-refractivity contribution is 7.99. The molecule has 8 heteroatoms. The van der Waals surface area contributed by atoms with Gasteiger partial charge < -0.3 is 10.1 Å². The molecular formula is C29H29N3O4S. The topological polar surface area (TPSA) is 90.3 Å². The first kappa shape index (κ1) is 26.2. The van der Waals surface area contributed by atoms with Crippen molar-refractivity contribution in [3.05, 3.63) is 93.3 Å². The number of Topliss-reactive ketones (excluding diaryl/α,β-unsaturated/α-hetero) is 1. The van der Waals surface area contributed by atoms with Crippen molar-refractivity contribution in [3.63, 3.8) is 0 Å². The Hall–Kier alpha value is -3.91. The van der Waals surface area contributed by atoms with Crippen LogP contribution >= 0.6 is 11.8 Å². The predicted molar refractivity (Wildman–Crippen MR) is 147 cm³/mol. The van der Waals surface area contributed by atoms with Crippen molar-refractivity contribution in [2.24, 2.45) is 0 Å². The molecule has 0 aliphatic rings. The quantitative estimate of drug-likeness (QED) is 0.189. The summed E-state index contributed by atoms with van der Waals surface area (Å²) in [6.45, 7) is 6.44. The molecule has 0 bridgehead atoms. The molecule has 1 aromatic heterocycles. The monoisotopic (exact) mass is 515 g/mol. The molecule has 1 heterocycles. The standard InChI is InChI=1S/C29H29N3O4S/c1-5-13-30-27(34)20-10-12-24-25(15-20)31-29(32(28(24)35)21-7-6-8-22(16-21)36-4)37-17-26(33)23-11-9-18(2)14-19(23)3/h6-12,14-16H,5,13,17H2,1-4H3,(H,30,34). The highest BCUT2D eigenvalue weighted by Gasteiger charge is 2.18. The Morgan fingerprint density at radius 2 is 1.86 bits per heavy atom. The number of amides is 1. The van der Waals surface area contributed by atoms with Gasteiger partial charge in [-0.2, -0.15) is 0 Å². The van der Waals surface area contributed by atoms with E-state index >= 15 is 0 Å². The minimum Gasteiger partial charge on any atom is -0.497 e. The number of thioether (sulfide) groups is 1. The zero-order valence-corrected chi connectivity index (χ0v) is 22.1. The van der Waals surface area contributed by atoms with Gasteiger partial charge >= 0.3 is 0 Å². The number of aromatic nitrogens is 2. The molecule has 0 saturated heterocycles. The van der Waals surface area contributed by atoms with Gasteiger partial charge in [-0.15, -0.1) is 0 Å². The number of hydrogen-bond acceptors (Lipinski definition) is 6. The third-order valence-electron chi connectivity index (χ3n) is 5.96. The van der Waals surface area contributed by atoms with Crippen LogP contribution in [0, 0.1) is 13.8 Å². The van der Waals surface area contributed by atoms with Crippen LogP contribution < -0.4 is 15.6 Å². The van der Waals surface area contributed by atoms with Crippen molar-refractivity contribution < 1.29 is 14.3 Å². The van der Waals surface area contributed by atoms with Crippen LogP contribution in [0.4, 0.5) is 0 Å². The van der Waals surface area contributed by atoms with Gasteiger partial charge in [0.2, 0.25) is 0 Å². The van der Waals surface area contributed by atoms with E-state index in [4.69, 9.17) is 9.72 Å². The Morgan fingerprint density at radius 1 is 1.05 bits per heavy atom. The van der Waals surface area contributed by atoms with Gasteiger partial charge in [0.25, 0.3) is 11.5 Å². The molecule has 0 aliphatic heterocycles. The number of hydrogen-bond donors (Lipinski definition) is 1. The number of carbonyl (C=O) groups is 2. The zero-order valence-electron chi connectivity index (χ0n) is 21.3. The van der Waals surface area contributed by atoms with Crippen LogP contribution in [0.3, 0.4) is 0 Å². The van der Waals surface area contributed by atoms with Gasteiger partial charge in [-0.05, 0) is 56.2 Å². The van der Waals surface area contributed by atoms with E-state index in [1.54, 1.807) is 49.6 Å². The Bertz CT molecular complexity index is 1540. The molecule has 190 valence electrons. The van der Waals surface area contributed by atoms with E-state index in [9.17, 15) is 14.4 Å². The number of benzene rings is 3. The number of ketones is 1. The molecule has 37 heavy (non-hydrogen) atoms. The molecule has 0 saturated carbocycles. The first-order chi connectivity index (χ1) is 17.8. The van der Waals surface area contributed by atoms with Crippen molar-refractivity contribution in [1.82, 2.24) is 14.9 Å². The molecule has 3 aromatic carbocycles. The van der Waals surface area contributed by atoms with E-state index in [1.807, 2.05) is 39.0 Å². The number of carbonyl (C=O) groups excluding carboxylic acids is 2.